The highest BCUT2D eigenvalue weighted by Crippen LogP contribution is 2.12. The summed E-state index contributed by atoms with van der Waals surface area (Å²) in [6.07, 6.45) is 79.8. The van der Waals surface area contributed by atoms with Gasteiger partial charge in [-0.25, -0.2) is 0 Å². The van der Waals surface area contributed by atoms with Gasteiger partial charge in [0.05, 0.1) is 0 Å². The van der Waals surface area contributed by atoms with Crippen molar-refractivity contribution in [2.45, 2.75) is 219 Å². The molecule has 0 radical (unpaired) electrons. The van der Waals surface area contributed by atoms with Gasteiger partial charge in [-0.3, -0.25) is 14.4 Å². The molecule has 0 aromatic rings. The number of unbranched alkanes of at least 4 members (excludes halogenated alkanes) is 12. The number of rotatable bonds is 47. The summed E-state index contributed by atoms with van der Waals surface area (Å²) >= 11 is 0. The van der Waals surface area contributed by atoms with Gasteiger partial charge in [0.2, 0.25) is 0 Å². The Morgan fingerprint density at radius 1 is 0.304 bits per heavy atom. The summed E-state index contributed by atoms with van der Waals surface area (Å²) in [6, 6.07) is 0. The molecule has 0 aliphatic heterocycles. The van der Waals surface area contributed by atoms with Gasteiger partial charge in [-0.15, -0.1) is 0 Å². The largest absolute Gasteiger partial charge is 0.462 e. The third-order valence-corrected chi connectivity index (χ3v) is 10.8. The summed E-state index contributed by atoms with van der Waals surface area (Å²) in [5.74, 6) is -1.06. The first kappa shape index (κ1) is 64.3. The van der Waals surface area contributed by atoms with Gasteiger partial charge in [-0.2, -0.15) is 0 Å². The summed E-state index contributed by atoms with van der Waals surface area (Å²) in [4.78, 5) is 38.1. The van der Waals surface area contributed by atoms with Gasteiger partial charge in [0, 0.05) is 19.3 Å². The quantitative estimate of drug-likeness (QED) is 0.0262. The highest BCUT2D eigenvalue weighted by atomic mass is 16.6. The number of allylic oxidation sites excluding steroid dienone is 24. The highest BCUT2D eigenvalue weighted by Gasteiger charge is 2.19. The first-order chi connectivity index (χ1) is 34.0. The van der Waals surface area contributed by atoms with E-state index in [1.54, 1.807) is 0 Å². The van der Waals surface area contributed by atoms with Crippen molar-refractivity contribution in [3.05, 3.63) is 146 Å². The molecule has 0 amide bonds. The minimum Gasteiger partial charge on any atom is -0.462 e. The van der Waals surface area contributed by atoms with Crippen molar-refractivity contribution in [3.63, 3.8) is 0 Å². The van der Waals surface area contributed by atoms with Crippen molar-refractivity contribution in [3.8, 4) is 0 Å². The van der Waals surface area contributed by atoms with Crippen molar-refractivity contribution in [1.29, 1.82) is 0 Å². The summed E-state index contributed by atoms with van der Waals surface area (Å²) < 4.78 is 16.7. The second-order valence-electron chi connectivity index (χ2n) is 17.4. The smallest absolute Gasteiger partial charge is 0.306 e. The van der Waals surface area contributed by atoms with Crippen molar-refractivity contribution in [1.82, 2.24) is 0 Å². The van der Waals surface area contributed by atoms with Crippen molar-refractivity contribution < 1.29 is 28.6 Å². The third kappa shape index (κ3) is 54.1. The zero-order valence-electron chi connectivity index (χ0n) is 44.0. The van der Waals surface area contributed by atoms with Gasteiger partial charge in [0.25, 0.3) is 0 Å². The van der Waals surface area contributed by atoms with Crippen LogP contribution in [-0.4, -0.2) is 37.2 Å². The number of esters is 3. The summed E-state index contributed by atoms with van der Waals surface area (Å²) in [6.45, 7) is 6.27. The van der Waals surface area contributed by atoms with Gasteiger partial charge in [-0.05, 0) is 128 Å². The number of carbonyl (C=O) groups is 3. The average Bonchev–Trinajstić information content (AvgIpc) is 3.35. The Balaban J connectivity index is 4.60. The zero-order valence-corrected chi connectivity index (χ0v) is 44.0. The molecule has 0 unspecified atom stereocenters. The van der Waals surface area contributed by atoms with Gasteiger partial charge in [-0.1, -0.05) is 212 Å². The number of carbonyl (C=O) groups excluding carboxylic acids is 3. The molecular formula is C63H98O6. The Labute approximate surface area is 423 Å². The van der Waals surface area contributed by atoms with Gasteiger partial charge in [0.1, 0.15) is 13.2 Å². The zero-order chi connectivity index (χ0) is 50.0. The normalized spacial score (nSPS) is 13.3. The molecule has 0 fully saturated rings. The summed E-state index contributed by atoms with van der Waals surface area (Å²) in [5.41, 5.74) is 0. The van der Waals surface area contributed by atoms with Crippen LogP contribution < -0.4 is 0 Å². The molecule has 0 bridgehead atoms. The summed E-state index contributed by atoms with van der Waals surface area (Å²) in [5, 5.41) is 0. The molecule has 0 aromatic carbocycles. The molecule has 6 nitrogen and oxygen atoms in total. The first-order valence-electron chi connectivity index (χ1n) is 27.3. The van der Waals surface area contributed by atoms with Gasteiger partial charge in [0.15, 0.2) is 6.10 Å². The van der Waals surface area contributed by atoms with Crippen molar-refractivity contribution >= 4 is 17.9 Å². The Kier molecular flexibility index (Phi) is 52.1. The Bertz CT molecular complexity index is 1560. The lowest BCUT2D eigenvalue weighted by Crippen LogP contribution is -2.30. The molecule has 0 aliphatic rings. The molecular weight excluding hydrogens is 853 g/mol. The van der Waals surface area contributed by atoms with Crippen molar-refractivity contribution in [2.75, 3.05) is 13.2 Å². The Hall–Kier alpha value is -4.71. The van der Waals surface area contributed by atoms with E-state index >= 15 is 0 Å². The van der Waals surface area contributed by atoms with E-state index in [0.29, 0.717) is 12.8 Å². The number of ether oxygens (including phenoxy) is 3. The van der Waals surface area contributed by atoms with Crippen molar-refractivity contribution in [2.24, 2.45) is 0 Å². The van der Waals surface area contributed by atoms with E-state index in [4.69, 9.17) is 14.2 Å². The minimum atomic E-state index is -0.835. The van der Waals surface area contributed by atoms with Gasteiger partial charge < -0.3 is 14.2 Å². The second-order valence-corrected chi connectivity index (χ2v) is 17.4. The predicted molar refractivity (Wildman–Crippen MR) is 297 cm³/mol. The van der Waals surface area contributed by atoms with Crippen LogP contribution in [0.4, 0.5) is 0 Å². The fourth-order valence-corrected chi connectivity index (χ4v) is 6.78. The molecule has 0 spiro atoms. The molecule has 0 saturated heterocycles. The number of hydrogen-bond donors (Lipinski definition) is 0. The molecule has 0 N–H and O–H groups in total. The van der Waals surface area contributed by atoms with E-state index in [-0.39, 0.29) is 44.0 Å². The Morgan fingerprint density at radius 3 is 0.971 bits per heavy atom. The van der Waals surface area contributed by atoms with E-state index in [1.165, 1.54) is 25.7 Å². The number of hydrogen-bond acceptors (Lipinski definition) is 6. The lowest BCUT2D eigenvalue weighted by Gasteiger charge is -2.18. The molecule has 386 valence electrons. The molecule has 0 saturated carbocycles. The summed E-state index contributed by atoms with van der Waals surface area (Å²) in [7, 11) is 0. The lowest BCUT2D eigenvalue weighted by molar-refractivity contribution is -0.166. The maximum atomic E-state index is 12.8. The van der Waals surface area contributed by atoms with E-state index in [9.17, 15) is 14.4 Å². The third-order valence-electron chi connectivity index (χ3n) is 10.8. The fraction of sp³-hybridized carbons (Fsp3) is 0.571. The van der Waals surface area contributed by atoms with Crippen LogP contribution in [0, 0.1) is 0 Å². The van der Waals surface area contributed by atoms with Crippen LogP contribution in [0.15, 0.2) is 146 Å². The SMILES string of the molecule is CC/C=C\C/C=C\C/C=C\C/C=C\C/C=C\C/C=C\CCC(=O)OC[C@@H](COC(=O)CCCCCCC/C=C\C/C=C\C/C=C\CC)OC(=O)CCCCCC/C=C\C/C=C\C/C=C\CCCCC. The van der Waals surface area contributed by atoms with Crippen LogP contribution in [0.5, 0.6) is 0 Å². The molecule has 0 heterocycles. The molecule has 6 heteroatoms. The predicted octanol–water partition coefficient (Wildman–Crippen LogP) is 18.4. The molecule has 69 heavy (non-hydrogen) atoms. The maximum Gasteiger partial charge on any atom is 0.306 e. The van der Waals surface area contributed by atoms with E-state index in [2.05, 4.69) is 154 Å². The van der Waals surface area contributed by atoms with Crippen LogP contribution >= 0.6 is 0 Å². The van der Waals surface area contributed by atoms with Crippen LogP contribution in [0.2, 0.25) is 0 Å². The van der Waals surface area contributed by atoms with E-state index < -0.39 is 6.10 Å². The molecule has 0 aromatic heterocycles. The average molecular weight is 951 g/mol. The molecule has 0 aliphatic carbocycles. The van der Waals surface area contributed by atoms with Crippen LogP contribution in [0.1, 0.15) is 213 Å². The van der Waals surface area contributed by atoms with E-state index in [0.717, 1.165) is 141 Å². The highest BCUT2D eigenvalue weighted by molar-refractivity contribution is 5.71. The molecule has 1 atom stereocenters. The Morgan fingerprint density at radius 2 is 0.594 bits per heavy atom. The van der Waals surface area contributed by atoms with Crippen LogP contribution in [0.3, 0.4) is 0 Å². The molecule has 0 rings (SSSR count). The topological polar surface area (TPSA) is 78.9 Å². The van der Waals surface area contributed by atoms with Gasteiger partial charge >= 0.3 is 17.9 Å². The standard InChI is InChI=1S/C63H98O6/c1-4-7-10-13-16-19-22-25-28-30-31-33-35-38-41-44-47-50-53-56-62(65)68-59-60(58-67-61(64)55-52-49-46-43-40-37-34-27-24-21-18-15-12-9-6-3)69-63(66)57-54-51-48-45-42-39-36-32-29-26-23-20-17-14-11-8-5-2/h7,9-10,12,16-21,25-29,31,33-34,36,38-39,41,47,50,60H,4-6,8,11,13-15,22-24,30,32,35,37,40,42-46,48-49,51-59H2,1-3H3/b10-7-,12-9-,19-16-,20-17-,21-18-,28-25-,29-26-,33-31-,34-27-,39-36-,41-38-,50-47-/t60-/m1/s1. The van der Waals surface area contributed by atoms with Crippen LogP contribution in [0.25, 0.3) is 0 Å². The van der Waals surface area contributed by atoms with E-state index in [1.807, 2.05) is 12.2 Å². The van der Waals surface area contributed by atoms with Crippen LogP contribution in [-0.2, 0) is 28.6 Å². The first-order valence-corrected chi connectivity index (χ1v) is 27.3. The fourth-order valence-electron chi connectivity index (χ4n) is 6.78. The minimum absolute atomic E-state index is 0.126. The monoisotopic (exact) mass is 951 g/mol. The second kappa shape index (κ2) is 55.9. The lowest BCUT2D eigenvalue weighted by atomic mass is 10.1. The maximum absolute atomic E-state index is 12.8.